The normalized spacial score (nSPS) is 11.8. The maximum absolute atomic E-state index is 5.27. The summed E-state index contributed by atoms with van der Waals surface area (Å²) in [5.74, 6) is 1.84. The van der Waals surface area contributed by atoms with Gasteiger partial charge in [0.05, 0.1) is 11.0 Å². The molecule has 0 bridgehead atoms. The molecule has 246 valence electrons. The molecule has 1 aliphatic carbocycles. The van der Waals surface area contributed by atoms with Crippen LogP contribution in [-0.2, 0) is 0 Å². The molecule has 0 radical (unpaired) electrons. The summed E-state index contributed by atoms with van der Waals surface area (Å²) >= 11 is 0. The number of hydrogen-bond acceptors (Lipinski definition) is 3. The Bertz CT molecular complexity index is 2920. The molecule has 0 unspecified atom stereocenters. The van der Waals surface area contributed by atoms with Gasteiger partial charge in [-0.1, -0.05) is 170 Å². The molecule has 4 nitrogen and oxygen atoms in total. The van der Waals surface area contributed by atoms with Crippen molar-refractivity contribution in [3.63, 3.8) is 0 Å². The first-order valence-electron chi connectivity index (χ1n) is 18.0. The summed E-state index contributed by atoms with van der Waals surface area (Å²) < 4.78 is 2.24. The Morgan fingerprint density at radius 1 is 0.283 bits per heavy atom. The highest BCUT2D eigenvalue weighted by atomic mass is 15.2. The molecule has 0 N–H and O–H groups in total. The molecular weight excluding hydrogens is 645 g/mol. The zero-order chi connectivity index (χ0) is 34.9. The number of fused-ring (bicyclic) bond motifs is 3. The van der Waals surface area contributed by atoms with Crippen LogP contribution in [0.2, 0.25) is 0 Å². The van der Waals surface area contributed by atoms with Crippen LogP contribution in [0.3, 0.4) is 0 Å². The van der Waals surface area contributed by atoms with E-state index in [0.717, 1.165) is 33.3 Å². The highest BCUT2D eigenvalue weighted by molar-refractivity contribution is 6.30. The third-order valence-corrected chi connectivity index (χ3v) is 10.6. The van der Waals surface area contributed by atoms with Crippen molar-refractivity contribution < 1.29 is 0 Å². The third kappa shape index (κ3) is 4.66. The second kappa shape index (κ2) is 11.7. The maximum atomic E-state index is 5.27. The Labute approximate surface area is 306 Å². The molecule has 11 rings (SSSR count). The van der Waals surface area contributed by atoms with E-state index in [1.54, 1.807) is 0 Å². The van der Waals surface area contributed by atoms with Crippen molar-refractivity contribution in [2.45, 2.75) is 0 Å². The molecule has 1 aliphatic rings. The zero-order valence-electron chi connectivity index (χ0n) is 28.6. The summed E-state index contributed by atoms with van der Waals surface area (Å²) in [6.45, 7) is 0. The summed E-state index contributed by atoms with van der Waals surface area (Å²) in [5.41, 5.74) is 13.6. The Morgan fingerprint density at radius 3 is 1.32 bits per heavy atom. The largest absolute Gasteiger partial charge is 0.278 e. The smallest absolute Gasteiger partial charge is 0.238 e. The lowest BCUT2D eigenvalue weighted by molar-refractivity contribution is 0.954. The van der Waals surface area contributed by atoms with Gasteiger partial charge in [-0.3, -0.25) is 4.57 Å². The van der Waals surface area contributed by atoms with Crippen LogP contribution in [0.15, 0.2) is 182 Å². The lowest BCUT2D eigenvalue weighted by Gasteiger charge is -2.14. The van der Waals surface area contributed by atoms with Gasteiger partial charge in [0.25, 0.3) is 0 Å². The van der Waals surface area contributed by atoms with Crippen LogP contribution in [0.25, 0.3) is 106 Å². The van der Waals surface area contributed by atoms with E-state index in [1.807, 2.05) is 12.1 Å². The average molecular weight is 675 g/mol. The van der Waals surface area contributed by atoms with Crippen LogP contribution in [-0.4, -0.2) is 19.5 Å². The molecule has 0 saturated carbocycles. The van der Waals surface area contributed by atoms with E-state index in [2.05, 4.69) is 174 Å². The van der Waals surface area contributed by atoms with E-state index < -0.39 is 0 Å². The van der Waals surface area contributed by atoms with Gasteiger partial charge < -0.3 is 0 Å². The van der Waals surface area contributed by atoms with Crippen LogP contribution in [0, 0.1) is 0 Å². The summed E-state index contributed by atoms with van der Waals surface area (Å²) in [4.78, 5) is 15.7. The molecule has 2 heterocycles. The van der Waals surface area contributed by atoms with Gasteiger partial charge in [-0.25, -0.2) is 4.98 Å². The molecule has 0 aliphatic heterocycles. The first-order valence-corrected chi connectivity index (χ1v) is 18.0. The number of benzene rings is 8. The number of rotatable bonds is 5. The number of aromatic nitrogens is 4. The Balaban J connectivity index is 1.17. The van der Waals surface area contributed by atoms with Crippen LogP contribution >= 0.6 is 0 Å². The van der Waals surface area contributed by atoms with Gasteiger partial charge in [0.15, 0.2) is 11.6 Å². The molecule has 53 heavy (non-hydrogen) atoms. The van der Waals surface area contributed by atoms with Crippen molar-refractivity contribution in [1.29, 1.82) is 0 Å². The molecular formula is C49H30N4. The zero-order valence-corrected chi connectivity index (χ0v) is 28.6. The minimum absolute atomic E-state index is 0.590. The molecule has 0 atom stereocenters. The van der Waals surface area contributed by atoms with Gasteiger partial charge in [-0.05, 0) is 67.4 Å². The maximum Gasteiger partial charge on any atom is 0.238 e. The first kappa shape index (κ1) is 29.5. The lowest BCUT2D eigenvalue weighted by atomic mass is 9.93. The predicted molar refractivity (Wildman–Crippen MR) is 218 cm³/mol. The molecule has 0 spiro atoms. The van der Waals surface area contributed by atoms with E-state index in [0.29, 0.717) is 17.6 Å². The van der Waals surface area contributed by atoms with Crippen molar-refractivity contribution in [3.8, 4) is 73.2 Å². The van der Waals surface area contributed by atoms with Gasteiger partial charge in [0.2, 0.25) is 5.95 Å². The number of nitrogens with zero attached hydrogens (tertiary/aromatic N) is 4. The van der Waals surface area contributed by atoms with E-state index in [9.17, 15) is 0 Å². The van der Waals surface area contributed by atoms with Gasteiger partial charge in [0.1, 0.15) is 0 Å². The summed E-state index contributed by atoms with van der Waals surface area (Å²) in [5, 5.41) is 4.92. The topological polar surface area (TPSA) is 43.6 Å². The minimum atomic E-state index is 0.590. The monoisotopic (exact) mass is 674 g/mol. The van der Waals surface area contributed by atoms with Crippen LogP contribution in [0.4, 0.5) is 0 Å². The van der Waals surface area contributed by atoms with E-state index in [1.165, 1.54) is 54.9 Å². The highest BCUT2D eigenvalue weighted by Gasteiger charge is 2.26. The van der Waals surface area contributed by atoms with Crippen molar-refractivity contribution in [2.75, 3.05) is 0 Å². The lowest BCUT2D eigenvalue weighted by Crippen LogP contribution is -2.06. The second-order valence-corrected chi connectivity index (χ2v) is 13.6. The van der Waals surface area contributed by atoms with E-state index >= 15 is 0 Å². The summed E-state index contributed by atoms with van der Waals surface area (Å²) in [6, 6.07) is 64.4. The fourth-order valence-electron chi connectivity index (χ4n) is 8.15. The van der Waals surface area contributed by atoms with Gasteiger partial charge in [-0.15, -0.1) is 0 Å². The fraction of sp³-hybridized carbons (Fsp3) is 0. The predicted octanol–water partition coefficient (Wildman–Crippen LogP) is 12.4. The minimum Gasteiger partial charge on any atom is -0.278 e. The second-order valence-electron chi connectivity index (χ2n) is 13.6. The third-order valence-electron chi connectivity index (χ3n) is 10.6. The van der Waals surface area contributed by atoms with Crippen molar-refractivity contribution in [3.05, 3.63) is 182 Å². The molecule has 0 fully saturated rings. The van der Waals surface area contributed by atoms with Crippen LogP contribution in [0.1, 0.15) is 0 Å². The van der Waals surface area contributed by atoms with Gasteiger partial charge >= 0.3 is 0 Å². The Morgan fingerprint density at radius 2 is 0.736 bits per heavy atom. The van der Waals surface area contributed by atoms with E-state index in [4.69, 9.17) is 15.0 Å². The Kier molecular flexibility index (Phi) is 6.52. The van der Waals surface area contributed by atoms with E-state index in [-0.39, 0.29) is 0 Å². The van der Waals surface area contributed by atoms with Gasteiger partial charge in [-0.2, -0.15) is 9.97 Å². The SMILES string of the molecule is c1ccc(-c2ccc(-c3nc(-c4ccc(-c5ccccc5)cc4)nc(-n4c5cccc6c5c5c7c(cccc7ccc54)-c4ccccc4-6)n3)cc2)cc1. The Hall–Kier alpha value is -7.17. The molecule has 8 aromatic carbocycles. The van der Waals surface area contributed by atoms with Crippen LogP contribution in [0.5, 0.6) is 0 Å². The fourth-order valence-corrected chi connectivity index (χ4v) is 8.15. The summed E-state index contributed by atoms with van der Waals surface area (Å²) in [7, 11) is 0. The molecule has 10 aromatic rings. The van der Waals surface area contributed by atoms with Crippen LogP contribution < -0.4 is 0 Å². The molecule has 0 saturated heterocycles. The number of hydrogen-bond donors (Lipinski definition) is 0. The van der Waals surface area contributed by atoms with Crippen molar-refractivity contribution in [2.24, 2.45) is 0 Å². The highest BCUT2D eigenvalue weighted by Crippen LogP contribution is 2.49. The standard InChI is InChI=1S/C49H30N4/c1-3-11-31(12-4-1)33-21-25-36(26-22-33)47-50-48(37-27-23-34(24-28-37)32-13-5-2-6-14-32)52-49(51-47)53-42-20-10-19-41-39-17-8-7-16-38(39)40-18-9-15-35-29-30-43(53)46(44(35)40)45(41)42/h1-30H. The molecule has 2 aromatic heterocycles. The first-order chi connectivity index (χ1) is 26.3. The molecule has 0 amide bonds. The van der Waals surface area contributed by atoms with Gasteiger partial charge in [0, 0.05) is 21.9 Å². The molecule has 4 heteroatoms. The van der Waals surface area contributed by atoms with Crippen molar-refractivity contribution in [1.82, 2.24) is 19.5 Å². The van der Waals surface area contributed by atoms with Crippen molar-refractivity contribution >= 4 is 32.6 Å². The summed E-state index contributed by atoms with van der Waals surface area (Å²) in [6.07, 6.45) is 0. The average Bonchev–Trinajstić information content (AvgIpc) is 3.52. The quantitative estimate of drug-likeness (QED) is 0.182.